The Morgan fingerprint density at radius 2 is 1.57 bits per heavy atom. The van der Waals surface area contributed by atoms with Gasteiger partial charge >= 0.3 is 29.8 Å². The molecule has 0 amide bonds. The highest BCUT2D eigenvalue weighted by atomic mass is 16.8. The van der Waals surface area contributed by atoms with Crippen LogP contribution < -0.4 is 4.74 Å². The van der Waals surface area contributed by atoms with Gasteiger partial charge in [-0.15, -0.1) is 6.58 Å². The molecule has 13 unspecified atom stereocenters. The Morgan fingerprint density at radius 1 is 0.893 bits per heavy atom. The fraction of sp³-hybridized carbons (Fsp3) is 0.571. The lowest BCUT2D eigenvalue weighted by Crippen LogP contribution is -2.64. The third kappa shape index (κ3) is 8.74. The molecule has 0 saturated carbocycles. The van der Waals surface area contributed by atoms with Crippen LogP contribution in [-0.4, -0.2) is 154 Å². The minimum absolute atomic E-state index is 0.0752. The maximum atomic E-state index is 13.8. The summed E-state index contributed by atoms with van der Waals surface area (Å²) in [4.78, 5) is 63.1. The van der Waals surface area contributed by atoms with Gasteiger partial charge in [0.25, 0.3) is 0 Å². The van der Waals surface area contributed by atoms with Crippen molar-refractivity contribution in [3.8, 4) is 11.5 Å². The molecule has 0 aromatic heterocycles. The predicted octanol–water partition coefficient (Wildman–Crippen LogP) is -2.02. The molecule has 1 aromatic carbocycles. The number of phenols is 1. The van der Waals surface area contributed by atoms with E-state index in [0.29, 0.717) is 0 Å². The molecule has 4 aliphatic heterocycles. The Bertz CT molecular complexity index is 1690. The number of para-hydroxylation sites is 1. The number of hydrogen-bond acceptors (Lipinski definition) is 21. The second-order valence-corrected chi connectivity index (χ2v) is 13.1. The molecule has 3 saturated heterocycles. The number of aromatic hydroxyl groups is 1. The van der Waals surface area contributed by atoms with Crippen molar-refractivity contribution in [1.29, 1.82) is 0 Å². The van der Waals surface area contributed by atoms with Crippen molar-refractivity contribution >= 4 is 29.8 Å². The van der Waals surface area contributed by atoms with Crippen LogP contribution >= 0.6 is 0 Å². The zero-order chi connectivity index (χ0) is 41.1. The van der Waals surface area contributed by atoms with E-state index in [1.165, 1.54) is 12.1 Å². The van der Waals surface area contributed by atoms with Crippen molar-refractivity contribution < 1.29 is 102 Å². The highest BCUT2D eigenvalue weighted by molar-refractivity contribution is 5.93. The normalized spacial score (nSPS) is 35.3. The van der Waals surface area contributed by atoms with Crippen LogP contribution in [-0.2, 0) is 61.8 Å². The number of esters is 5. The number of fused-ring (bicyclic) bond motifs is 1. The molecule has 0 aliphatic carbocycles. The molecule has 13 atom stereocenters. The standard InChI is InChI=1S/C35H42O21/c1-5-18-32(49-12-19-31(45)47-10-9-35(18,19)46)56-34-29(51-16(4)39)28(50-15(3)38)27(22(54-34)13-48-14(2)37)55-30(44)17-7-6-8-20(23(17)40)52-33-26(43)25(42)24(41)21(11-36)53-33/h5-8,12,18,21-22,24-29,32-34,36,40-43,46H,1,9-11,13H2,2-4H3. The molecule has 6 N–H and O–H groups in total. The largest absolute Gasteiger partial charge is 0.504 e. The number of phenolic OH excluding ortho intramolecular Hbond substituents is 1. The van der Waals surface area contributed by atoms with Gasteiger partial charge in [0.15, 0.2) is 29.8 Å². The average molecular weight is 799 g/mol. The molecule has 21 nitrogen and oxygen atoms in total. The van der Waals surface area contributed by atoms with Crippen LogP contribution in [0, 0.1) is 5.92 Å². The van der Waals surface area contributed by atoms with E-state index in [1.54, 1.807) is 0 Å². The Balaban J connectivity index is 1.46. The Hall–Kier alpha value is -4.87. The molecule has 0 spiro atoms. The lowest BCUT2D eigenvalue weighted by atomic mass is 9.76. The highest BCUT2D eigenvalue weighted by Gasteiger charge is 2.57. The van der Waals surface area contributed by atoms with E-state index in [-0.39, 0.29) is 18.6 Å². The first kappa shape index (κ1) is 42.3. The number of carbonyl (C=O) groups excluding carboxylic acids is 5. The SMILES string of the molecule is C=CC1C(OC2OC(COC(C)=O)C(OC(=O)c3cccc(OC4OC(CO)C(O)C(O)C4O)c3O)C(OC(C)=O)C2OC(C)=O)OC=C2C(=O)OCCC21O. The summed E-state index contributed by atoms with van der Waals surface area (Å²) in [6.45, 7) is 5.17. The van der Waals surface area contributed by atoms with Crippen LogP contribution in [0.2, 0.25) is 0 Å². The molecule has 4 heterocycles. The molecule has 4 aliphatic rings. The van der Waals surface area contributed by atoms with Gasteiger partial charge in [-0.2, -0.15) is 0 Å². The minimum Gasteiger partial charge on any atom is -0.504 e. The molecular formula is C35H42O21. The summed E-state index contributed by atoms with van der Waals surface area (Å²) in [5.74, 6) is -7.44. The van der Waals surface area contributed by atoms with Crippen molar-refractivity contribution in [1.82, 2.24) is 0 Å². The van der Waals surface area contributed by atoms with Crippen molar-refractivity contribution in [3.63, 3.8) is 0 Å². The summed E-state index contributed by atoms with van der Waals surface area (Å²) in [7, 11) is 0. The summed E-state index contributed by atoms with van der Waals surface area (Å²) in [6.07, 6.45) is -16.6. The first-order valence-electron chi connectivity index (χ1n) is 17.2. The average Bonchev–Trinajstić information content (AvgIpc) is 3.13. The smallest absolute Gasteiger partial charge is 0.342 e. The van der Waals surface area contributed by atoms with Gasteiger partial charge in [0.2, 0.25) is 18.9 Å². The fourth-order valence-corrected chi connectivity index (χ4v) is 6.55. The maximum Gasteiger partial charge on any atom is 0.342 e. The highest BCUT2D eigenvalue weighted by Crippen LogP contribution is 2.43. The van der Waals surface area contributed by atoms with Gasteiger partial charge in [-0.25, -0.2) is 9.59 Å². The van der Waals surface area contributed by atoms with E-state index in [0.717, 1.165) is 39.2 Å². The van der Waals surface area contributed by atoms with E-state index < -0.39 is 139 Å². The second kappa shape index (κ2) is 17.5. The van der Waals surface area contributed by atoms with Crippen molar-refractivity contribution in [3.05, 3.63) is 48.3 Å². The number of cyclic esters (lactones) is 1. The van der Waals surface area contributed by atoms with Gasteiger partial charge in [-0.3, -0.25) is 14.4 Å². The van der Waals surface area contributed by atoms with E-state index in [1.807, 2.05) is 0 Å². The summed E-state index contributed by atoms with van der Waals surface area (Å²) >= 11 is 0. The summed E-state index contributed by atoms with van der Waals surface area (Å²) in [5, 5.41) is 62.8. The summed E-state index contributed by atoms with van der Waals surface area (Å²) < 4.78 is 55.4. The van der Waals surface area contributed by atoms with E-state index in [9.17, 15) is 54.6 Å². The van der Waals surface area contributed by atoms with Crippen LogP contribution in [0.15, 0.2) is 42.7 Å². The molecule has 56 heavy (non-hydrogen) atoms. The third-order valence-electron chi connectivity index (χ3n) is 9.29. The van der Waals surface area contributed by atoms with Crippen LogP contribution in [0.1, 0.15) is 37.6 Å². The zero-order valence-corrected chi connectivity index (χ0v) is 30.2. The van der Waals surface area contributed by atoms with Gasteiger partial charge in [-0.05, 0) is 12.1 Å². The number of hydrogen-bond donors (Lipinski definition) is 6. The van der Waals surface area contributed by atoms with Gasteiger partial charge in [0.1, 0.15) is 53.9 Å². The molecule has 1 aromatic rings. The van der Waals surface area contributed by atoms with Gasteiger partial charge in [0.05, 0.1) is 25.4 Å². The van der Waals surface area contributed by atoms with E-state index in [4.69, 9.17) is 47.4 Å². The molecule has 3 fully saturated rings. The summed E-state index contributed by atoms with van der Waals surface area (Å²) in [5.41, 5.74) is -2.68. The molecular weight excluding hydrogens is 756 g/mol. The Morgan fingerprint density at radius 3 is 2.21 bits per heavy atom. The maximum absolute atomic E-state index is 13.8. The number of aliphatic hydroxyl groups excluding tert-OH is 4. The summed E-state index contributed by atoms with van der Waals surface area (Å²) in [6, 6.07) is 3.45. The van der Waals surface area contributed by atoms with Gasteiger partial charge < -0.3 is 78.0 Å². The van der Waals surface area contributed by atoms with E-state index >= 15 is 0 Å². The monoisotopic (exact) mass is 798 g/mol. The predicted molar refractivity (Wildman–Crippen MR) is 176 cm³/mol. The molecule has 5 rings (SSSR count). The van der Waals surface area contributed by atoms with Crippen LogP contribution in [0.25, 0.3) is 0 Å². The molecule has 308 valence electrons. The van der Waals surface area contributed by atoms with Crippen LogP contribution in [0.5, 0.6) is 11.5 Å². The second-order valence-electron chi connectivity index (χ2n) is 13.1. The molecule has 0 radical (unpaired) electrons. The van der Waals surface area contributed by atoms with Crippen LogP contribution in [0.3, 0.4) is 0 Å². The Labute approximate surface area is 317 Å². The number of carbonyl (C=O) groups is 5. The first-order valence-corrected chi connectivity index (χ1v) is 17.2. The lowest BCUT2D eigenvalue weighted by molar-refractivity contribution is -0.345. The topological polar surface area (TPSA) is 299 Å². The molecule has 0 bridgehead atoms. The van der Waals surface area contributed by atoms with Crippen molar-refractivity contribution in [2.75, 3.05) is 19.8 Å². The lowest BCUT2D eigenvalue weighted by Gasteiger charge is -2.47. The van der Waals surface area contributed by atoms with Crippen LogP contribution in [0.4, 0.5) is 0 Å². The third-order valence-corrected chi connectivity index (χ3v) is 9.29. The van der Waals surface area contributed by atoms with Crippen molar-refractivity contribution in [2.24, 2.45) is 5.92 Å². The van der Waals surface area contributed by atoms with Gasteiger partial charge in [-0.1, -0.05) is 12.1 Å². The first-order chi connectivity index (χ1) is 26.5. The fourth-order valence-electron chi connectivity index (χ4n) is 6.55. The van der Waals surface area contributed by atoms with E-state index in [2.05, 4.69) is 6.58 Å². The van der Waals surface area contributed by atoms with Gasteiger partial charge in [0, 0.05) is 27.2 Å². The number of ether oxygens (including phenoxy) is 10. The number of benzene rings is 1. The zero-order valence-electron chi connectivity index (χ0n) is 30.2. The minimum atomic E-state index is -1.88. The number of rotatable bonds is 12. The Kier molecular flexibility index (Phi) is 13.2. The number of aliphatic hydroxyl groups is 5. The quantitative estimate of drug-likeness (QED) is 0.0756. The van der Waals surface area contributed by atoms with Crippen molar-refractivity contribution in [2.45, 2.75) is 100 Å². The molecule has 21 heteroatoms.